The zero-order valence-corrected chi connectivity index (χ0v) is 13.1. The lowest BCUT2D eigenvalue weighted by atomic mass is 10.1. The van der Waals surface area contributed by atoms with Gasteiger partial charge in [-0.3, -0.25) is 4.79 Å². The summed E-state index contributed by atoms with van der Waals surface area (Å²) in [5, 5.41) is 3.78. The highest BCUT2D eigenvalue weighted by Gasteiger charge is 2.12. The number of amides is 1. The van der Waals surface area contributed by atoms with Gasteiger partial charge in [0.05, 0.1) is 11.3 Å². The minimum absolute atomic E-state index is 0.143. The molecule has 2 heterocycles. The maximum atomic E-state index is 12.4. The number of pyridine rings is 2. The molecule has 0 atom stereocenters. The summed E-state index contributed by atoms with van der Waals surface area (Å²) in [6.45, 7) is 4.21. The topological polar surface area (TPSA) is 80.9 Å². The Bertz CT molecular complexity index is 889. The lowest BCUT2D eigenvalue weighted by Gasteiger charge is -2.09. The summed E-state index contributed by atoms with van der Waals surface area (Å²) in [7, 11) is 0. The number of nitrogens with zero attached hydrogens (tertiary/aromatic N) is 2. The van der Waals surface area contributed by atoms with Crippen molar-refractivity contribution in [3.63, 3.8) is 0 Å². The molecule has 5 heteroatoms. The number of aromatic nitrogens is 2. The number of hydrogen-bond acceptors (Lipinski definition) is 4. The first-order valence-corrected chi connectivity index (χ1v) is 7.40. The number of benzene rings is 1. The van der Waals surface area contributed by atoms with Crippen LogP contribution in [0.3, 0.4) is 0 Å². The number of aryl methyl sites for hydroxylation is 2. The summed E-state index contributed by atoms with van der Waals surface area (Å²) in [5.41, 5.74) is 10.5. The Labute approximate surface area is 134 Å². The van der Waals surface area contributed by atoms with Crippen molar-refractivity contribution < 1.29 is 4.79 Å². The molecule has 2 aromatic heterocycles. The van der Waals surface area contributed by atoms with Gasteiger partial charge in [-0.2, -0.15) is 0 Å². The predicted molar refractivity (Wildman–Crippen MR) is 91.0 cm³/mol. The number of nitrogens with two attached hydrogens (primary N) is 1. The van der Waals surface area contributed by atoms with E-state index in [4.69, 9.17) is 5.73 Å². The average molecular weight is 306 g/mol. The van der Waals surface area contributed by atoms with Crippen LogP contribution in [0.2, 0.25) is 0 Å². The molecule has 5 nitrogen and oxygen atoms in total. The zero-order chi connectivity index (χ0) is 16.4. The fraction of sp³-hybridized carbons (Fsp3) is 0.167. The number of anilines is 1. The Morgan fingerprint density at radius 1 is 1.22 bits per heavy atom. The number of fused-ring (bicyclic) bond motifs is 1. The van der Waals surface area contributed by atoms with E-state index in [-0.39, 0.29) is 5.91 Å². The molecule has 0 saturated heterocycles. The van der Waals surface area contributed by atoms with Crippen molar-refractivity contribution in [3.05, 3.63) is 65.0 Å². The molecule has 0 bridgehead atoms. The van der Waals surface area contributed by atoms with E-state index >= 15 is 0 Å². The van der Waals surface area contributed by atoms with Crippen LogP contribution in [0.1, 0.15) is 27.2 Å². The second-order valence-corrected chi connectivity index (χ2v) is 5.55. The standard InChI is InChI=1S/C18H18N4O/c1-11-8-13(5-6-16(11)19)10-21-18(23)15-9-14-4-3-7-20-17(14)22-12(15)2/h3-9H,10,19H2,1-2H3,(H,21,23). The number of carbonyl (C=O) groups excluding carboxylic acids is 1. The van der Waals surface area contributed by atoms with E-state index in [0.717, 1.165) is 22.2 Å². The van der Waals surface area contributed by atoms with Gasteiger partial charge in [0.1, 0.15) is 0 Å². The summed E-state index contributed by atoms with van der Waals surface area (Å²) < 4.78 is 0. The predicted octanol–water partition coefficient (Wildman–Crippen LogP) is 2.76. The zero-order valence-electron chi connectivity index (χ0n) is 13.1. The molecule has 0 saturated carbocycles. The summed E-state index contributed by atoms with van der Waals surface area (Å²) in [6.07, 6.45) is 1.69. The lowest BCUT2D eigenvalue weighted by molar-refractivity contribution is 0.0950. The second-order valence-electron chi connectivity index (χ2n) is 5.55. The minimum atomic E-state index is -0.143. The third-order valence-corrected chi connectivity index (χ3v) is 3.81. The van der Waals surface area contributed by atoms with E-state index in [1.54, 1.807) is 6.20 Å². The fourth-order valence-corrected chi connectivity index (χ4v) is 2.45. The van der Waals surface area contributed by atoms with Gasteiger partial charge in [-0.25, -0.2) is 9.97 Å². The minimum Gasteiger partial charge on any atom is -0.399 e. The Hall–Kier alpha value is -2.95. The van der Waals surface area contributed by atoms with Crippen LogP contribution in [-0.2, 0) is 6.54 Å². The van der Waals surface area contributed by atoms with Crippen molar-refractivity contribution in [2.24, 2.45) is 0 Å². The maximum absolute atomic E-state index is 12.4. The molecule has 3 aromatic rings. The summed E-state index contributed by atoms with van der Waals surface area (Å²) in [6, 6.07) is 11.3. The maximum Gasteiger partial charge on any atom is 0.253 e. The summed E-state index contributed by atoms with van der Waals surface area (Å²) >= 11 is 0. The molecule has 0 aliphatic carbocycles. The molecule has 0 aliphatic heterocycles. The molecule has 0 fully saturated rings. The molecule has 3 N–H and O–H groups in total. The first-order chi connectivity index (χ1) is 11.0. The van der Waals surface area contributed by atoms with Crippen molar-refractivity contribution in [1.29, 1.82) is 0 Å². The van der Waals surface area contributed by atoms with Crippen molar-refractivity contribution in [2.45, 2.75) is 20.4 Å². The Kier molecular flexibility index (Phi) is 3.93. The lowest BCUT2D eigenvalue weighted by Crippen LogP contribution is -2.24. The first kappa shape index (κ1) is 15.0. The van der Waals surface area contributed by atoms with Crippen molar-refractivity contribution in [1.82, 2.24) is 15.3 Å². The highest BCUT2D eigenvalue weighted by atomic mass is 16.1. The van der Waals surface area contributed by atoms with Crippen LogP contribution in [0.4, 0.5) is 5.69 Å². The Balaban J connectivity index is 1.80. The average Bonchev–Trinajstić information content (AvgIpc) is 2.55. The summed E-state index contributed by atoms with van der Waals surface area (Å²) in [4.78, 5) is 21.0. The van der Waals surface area contributed by atoms with Gasteiger partial charge in [0.25, 0.3) is 5.91 Å². The van der Waals surface area contributed by atoms with Crippen molar-refractivity contribution in [2.75, 3.05) is 5.73 Å². The largest absolute Gasteiger partial charge is 0.399 e. The monoisotopic (exact) mass is 306 g/mol. The molecule has 1 amide bonds. The Morgan fingerprint density at radius 2 is 2.04 bits per heavy atom. The van der Waals surface area contributed by atoms with E-state index in [2.05, 4.69) is 15.3 Å². The SMILES string of the molecule is Cc1cc(CNC(=O)c2cc3cccnc3nc2C)ccc1N. The number of hydrogen-bond donors (Lipinski definition) is 2. The third-order valence-electron chi connectivity index (χ3n) is 3.81. The van der Waals surface area contributed by atoms with Gasteiger partial charge in [0, 0.05) is 23.8 Å². The van der Waals surface area contributed by atoms with Gasteiger partial charge in [0.15, 0.2) is 5.65 Å². The van der Waals surface area contributed by atoms with E-state index in [9.17, 15) is 4.79 Å². The summed E-state index contributed by atoms with van der Waals surface area (Å²) in [5.74, 6) is -0.143. The van der Waals surface area contributed by atoms with Gasteiger partial charge >= 0.3 is 0 Å². The third kappa shape index (κ3) is 3.13. The van der Waals surface area contributed by atoms with Crippen molar-refractivity contribution in [3.8, 4) is 0 Å². The van der Waals surface area contributed by atoms with Gasteiger partial charge in [-0.15, -0.1) is 0 Å². The number of nitrogen functional groups attached to an aromatic ring is 1. The van der Waals surface area contributed by atoms with Crippen LogP contribution in [0.15, 0.2) is 42.6 Å². The molecule has 3 rings (SSSR count). The molecule has 0 aliphatic rings. The van der Waals surface area contributed by atoms with Gasteiger partial charge in [-0.1, -0.05) is 12.1 Å². The van der Waals surface area contributed by atoms with Gasteiger partial charge < -0.3 is 11.1 Å². The van der Waals surface area contributed by atoms with Crippen LogP contribution in [-0.4, -0.2) is 15.9 Å². The fourth-order valence-electron chi connectivity index (χ4n) is 2.45. The van der Waals surface area contributed by atoms with Crippen LogP contribution in [0, 0.1) is 13.8 Å². The highest BCUT2D eigenvalue weighted by Crippen LogP contribution is 2.15. The highest BCUT2D eigenvalue weighted by molar-refractivity contribution is 5.98. The molecule has 0 unspecified atom stereocenters. The molecule has 1 aromatic carbocycles. The Morgan fingerprint density at radius 3 is 2.83 bits per heavy atom. The van der Waals surface area contributed by atoms with E-state index in [1.165, 1.54) is 0 Å². The molecular weight excluding hydrogens is 288 g/mol. The molecular formula is C18H18N4O. The normalized spacial score (nSPS) is 10.7. The van der Waals surface area contributed by atoms with Crippen LogP contribution < -0.4 is 11.1 Å². The van der Waals surface area contributed by atoms with E-state index in [1.807, 2.05) is 50.2 Å². The van der Waals surface area contributed by atoms with Crippen LogP contribution in [0.25, 0.3) is 11.0 Å². The molecule has 23 heavy (non-hydrogen) atoms. The van der Waals surface area contributed by atoms with E-state index in [0.29, 0.717) is 23.4 Å². The number of nitrogens with one attached hydrogen (secondary N) is 1. The number of rotatable bonds is 3. The number of carbonyl (C=O) groups is 1. The van der Waals surface area contributed by atoms with Gasteiger partial charge in [-0.05, 0) is 49.2 Å². The molecule has 116 valence electrons. The van der Waals surface area contributed by atoms with Crippen LogP contribution in [0.5, 0.6) is 0 Å². The van der Waals surface area contributed by atoms with Crippen LogP contribution >= 0.6 is 0 Å². The molecule has 0 radical (unpaired) electrons. The first-order valence-electron chi connectivity index (χ1n) is 7.40. The van der Waals surface area contributed by atoms with Crippen molar-refractivity contribution >= 4 is 22.6 Å². The smallest absolute Gasteiger partial charge is 0.253 e. The second kappa shape index (κ2) is 6.04. The van der Waals surface area contributed by atoms with E-state index < -0.39 is 0 Å². The quantitative estimate of drug-likeness (QED) is 0.729. The molecule has 0 spiro atoms. The van der Waals surface area contributed by atoms with Gasteiger partial charge in [0.2, 0.25) is 0 Å².